The number of aromatic amines is 1. The molecule has 5 heteroatoms. The third-order valence-corrected chi connectivity index (χ3v) is 4.25. The monoisotopic (exact) mass is 321 g/mol. The maximum Gasteiger partial charge on any atom is 0.161 e. The van der Waals surface area contributed by atoms with Crippen molar-refractivity contribution >= 4 is 0 Å². The molecular formula is C19H19N3O2. The zero-order valence-corrected chi connectivity index (χ0v) is 13.2. The Hall–Kier alpha value is -2.79. The van der Waals surface area contributed by atoms with Gasteiger partial charge in [0.15, 0.2) is 11.5 Å². The van der Waals surface area contributed by atoms with Crippen LogP contribution in [0.1, 0.15) is 17.2 Å². The summed E-state index contributed by atoms with van der Waals surface area (Å²) in [6.45, 7) is 1.65. The predicted molar refractivity (Wildman–Crippen MR) is 92.4 cm³/mol. The van der Waals surface area contributed by atoms with E-state index in [0.717, 1.165) is 34.0 Å². The number of rotatable bonds is 4. The predicted octanol–water partition coefficient (Wildman–Crippen LogP) is 2.94. The van der Waals surface area contributed by atoms with Crippen molar-refractivity contribution in [2.24, 2.45) is 5.73 Å². The molecular weight excluding hydrogens is 302 g/mol. The van der Waals surface area contributed by atoms with E-state index in [2.05, 4.69) is 16.3 Å². The van der Waals surface area contributed by atoms with Gasteiger partial charge in [0.1, 0.15) is 13.2 Å². The summed E-state index contributed by atoms with van der Waals surface area (Å²) in [6.07, 6.45) is 0. The third kappa shape index (κ3) is 2.74. The van der Waals surface area contributed by atoms with Gasteiger partial charge in [0, 0.05) is 23.7 Å². The molecule has 24 heavy (non-hydrogen) atoms. The first-order valence-corrected chi connectivity index (χ1v) is 8.05. The summed E-state index contributed by atoms with van der Waals surface area (Å²) < 4.78 is 11.3. The van der Waals surface area contributed by atoms with Gasteiger partial charge in [0.25, 0.3) is 0 Å². The second kappa shape index (κ2) is 6.37. The van der Waals surface area contributed by atoms with E-state index in [0.29, 0.717) is 19.8 Å². The fourth-order valence-corrected chi connectivity index (χ4v) is 2.99. The number of nitrogens with two attached hydrogens (primary N) is 1. The quantitative estimate of drug-likeness (QED) is 0.775. The van der Waals surface area contributed by atoms with Crippen LogP contribution in [0.2, 0.25) is 0 Å². The fraction of sp³-hybridized carbons (Fsp3) is 0.211. The zero-order chi connectivity index (χ0) is 16.4. The first-order valence-electron chi connectivity index (χ1n) is 8.05. The Labute approximate surface area is 140 Å². The molecule has 0 amide bonds. The Balaban J connectivity index is 1.65. The Morgan fingerprint density at radius 3 is 2.58 bits per heavy atom. The molecule has 1 atom stereocenters. The van der Waals surface area contributed by atoms with Crippen LogP contribution in [-0.2, 0) is 0 Å². The average Bonchev–Trinajstić information content (AvgIpc) is 3.13. The third-order valence-electron chi connectivity index (χ3n) is 4.25. The van der Waals surface area contributed by atoms with Gasteiger partial charge in [-0.2, -0.15) is 5.10 Å². The van der Waals surface area contributed by atoms with Crippen LogP contribution in [0.15, 0.2) is 54.6 Å². The molecule has 0 spiro atoms. The van der Waals surface area contributed by atoms with E-state index >= 15 is 0 Å². The lowest BCUT2D eigenvalue weighted by atomic mass is 9.95. The van der Waals surface area contributed by atoms with Gasteiger partial charge in [0.2, 0.25) is 0 Å². The minimum atomic E-state index is 0.0331. The number of H-pyrrole nitrogens is 1. The van der Waals surface area contributed by atoms with Gasteiger partial charge in [-0.15, -0.1) is 0 Å². The van der Waals surface area contributed by atoms with E-state index in [1.165, 1.54) is 0 Å². The maximum atomic E-state index is 6.04. The molecule has 0 fully saturated rings. The van der Waals surface area contributed by atoms with E-state index in [-0.39, 0.29) is 5.92 Å². The van der Waals surface area contributed by atoms with Gasteiger partial charge in [-0.25, -0.2) is 0 Å². The van der Waals surface area contributed by atoms with Gasteiger partial charge in [-0.1, -0.05) is 36.4 Å². The summed E-state index contributed by atoms with van der Waals surface area (Å²) in [6, 6.07) is 18.1. The Kier molecular flexibility index (Phi) is 3.92. The fourth-order valence-electron chi connectivity index (χ4n) is 2.99. The first-order chi connectivity index (χ1) is 11.8. The van der Waals surface area contributed by atoms with Crippen molar-refractivity contribution in [2.75, 3.05) is 19.8 Å². The van der Waals surface area contributed by atoms with E-state index in [4.69, 9.17) is 15.2 Å². The Morgan fingerprint density at radius 1 is 1.00 bits per heavy atom. The number of nitrogens with zero attached hydrogens (tertiary/aromatic N) is 1. The molecule has 0 bridgehead atoms. The largest absolute Gasteiger partial charge is 0.486 e. The molecule has 5 nitrogen and oxygen atoms in total. The summed E-state index contributed by atoms with van der Waals surface area (Å²) in [5.41, 5.74) is 10.1. The molecule has 122 valence electrons. The number of nitrogens with one attached hydrogen (secondary N) is 1. The molecule has 1 aliphatic heterocycles. The topological polar surface area (TPSA) is 73.2 Å². The van der Waals surface area contributed by atoms with E-state index < -0.39 is 0 Å². The number of ether oxygens (including phenoxy) is 2. The zero-order valence-electron chi connectivity index (χ0n) is 13.2. The van der Waals surface area contributed by atoms with E-state index in [1.807, 2.05) is 48.5 Å². The first kappa shape index (κ1) is 14.8. The number of hydrogen-bond acceptors (Lipinski definition) is 4. The Bertz CT molecular complexity index is 830. The van der Waals surface area contributed by atoms with Crippen molar-refractivity contribution in [2.45, 2.75) is 5.92 Å². The van der Waals surface area contributed by atoms with Gasteiger partial charge in [0.05, 0.1) is 5.69 Å². The highest BCUT2D eigenvalue weighted by Crippen LogP contribution is 2.35. The number of fused-ring (bicyclic) bond motifs is 1. The normalized spacial score (nSPS) is 14.4. The van der Waals surface area contributed by atoms with Crippen LogP contribution in [0.3, 0.4) is 0 Å². The van der Waals surface area contributed by atoms with Crippen LogP contribution in [0.4, 0.5) is 0 Å². The van der Waals surface area contributed by atoms with Crippen molar-refractivity contribution < 1.29 is 9.47 Å². The lowest BCUT2D eigenvalue weighted by Gasteiger charge is -2.21. The van der Waals surface area contributed by atoms with Crippen LogP contribution in [-0.4, -0.2) is 30.0 Å². The van der Waals surface area contributed by atoms with Gasteiger partial charge in [-0.05, 0) is 23.8 Å². The van der Waals surface area contributed by atoms with E-state index in [9.17, 15) is 0 Å². The van der Waals surface area contributed by atoms with Crippen LogP contribution >= 0.6 is 0 Å². The Morgan fingerprint density at radius 2 is 1.79 bits per heavy atom. The van der Waals surface area contributed by atoms with Gasteiger partial charge >= 0.3 is 0 Å². The minimum absolute atomic E-state index is 0.0331. The summed E-state index contributed by atoms with van der Waals surface area (Å²) in [7, 11) is 0. The van der Waals surface area contributed by atoms with Gasteiger partial charge < -0.3 is 15.2 Å². The molecule has 3 N–H and O–H groups in total. The molecule has 0 saturated carbocycles. The number of benzene rings is 2. The standard InChI is InChI=1S/C19H19N3O2/c20-12-15(14-6-7-18-19(10-14)24-9-8-23-18)17-11-16(21-22-17)13-4-2-1-3-5-13/h1-7,10-11,15H,8-9,12,20H2,(H,21,22). The highest BCUT2D eigenvalue weighted by molar-refractivity contribution is 5.59. The highest BCUT2D eigenvalue weighted by atomic mass is 16.6. The van der Waals surface area contributed by atoms with Crippen molar-refractivity contribution in [1.29, 1.82) is 0 Å². The smallest absolute Gasteiger partial charge is 0.161 e. The summed E-state index contributed by atoms with van der Waals surface area (Å²) >= 11 is 0. The molecule has 0 radical (unpaired) electrons. The molecule has 1 unspecified atom stereocenters. The lowest BCUT2D eigenvalue weighted by molar-refractivity contribution is 0.171. The van der Waals surface area contributed by atoms with Crippen molar-refractivity contribution in [3.8, 4) is 22.8 Å². The minimum Gasteiger partial charge on any atom is -0.486 e. The molecule has 4 rings (SSSR count). The summed E-state index contributed by atoms with van der Waals surface area (Å²) in [5.74, 6) is 1.60. The van der Waals surface area contributed by atoms with Gasteiger partial charge in [-0.3, -0.25) is 5.10 Å². The molecule has 1 aromatic heterocycles. The molecule has 0 saturated heterocycles. The molecule has 0 aliphatic carbocycles. The summed E-state index contributed by atoms with van der Waals surface area (Å²) in [5, 5.41) is 7.56. The molecule has 3 aromatic rings. The molecule has 2 aromatic carbocycles. The highest BCUT2D eigenvalue weighted by Gasteiger charge is 2.19. The van der Waals surface area contributed by atoms with Crippen LogP contribution in [0, 0.1) is 0 Å². The van der Waals surface area contributed by atoms with Crippen LogP contribution < -0.4 is 15.2 Å². The van der Waals surface area contributed by atoms with Crippen molar-refractivity contribution in [3.63, 3.8) is 0 Å². The average molecular weight is 321 g/mol. The molecule has 2 heterocycles. The SMILES string of the molecule is NCC(c1ccc2c(c1)OCCO2)c1cc(-c2ccccc2)n[nH]1. The lowest BCUT2D eigenvalue weighted by Crippen LogP contribution is -2.17. The second-order valence-corrected chi connectivity index (χ2v) is 5.77. The van der Waals surface area contributed by atoms with Crippen LogP contribution in [0.5, 0.6) is 11.5 Å². The number of aromatic nitrogens is 2. The van der Waals surface area contributed by atoms with Crippen LogP contribution in [0.25, 0.3) is 11.3 Å². The van der Waals surface area contributed by atoms with Crippen molar-refractivity contribution in [1.82, 2.24) is 10.2 Å². The second-order valence-electron chi connectivity index (χ2n) is 5.77. The molecule has 1 aliphatic rings. The summed E-state index contributed by atoms with van der Waals surface area (Å²) in [4.78, 5) is 0. The van der Waals surface area contributed by atoms with E-state index in [1.54, 1.807) is 0 Å². The number of hydrogen-bond donors (Lipinski definition) is 2. The maximum absolute atomic E-state index is 6.04. The van der Waals surface area contributed by atoms with Crippen molar-refractivity contribution in [3.05, 3.63) is 65.9 Å².